The number of aliphatic hydroxyl groups is 1. The van der Waals surface area contributed by atoms with Crippen molar-refractivity contribution in [1.29, 1.82) is 0 Å². The molecule has 6 heteroatoms. The van der Waals surface area contributed by atoms with Gasteiger partial charge in [0.05, 0.1) is 6.10 Å². The van der Waals surface area contributed by atoms with Crippen molar-refractivity contribution in [3.63, 3.8) is 0 Å². The number of amides is 2. The minimum Gasteiger partial charge on any atom is -0.391 e. The molecule has 1 aliphatic heterocycles. The van der Waals surface area contributed by atoms with Crippen LogP contribution >= 0.6 is 11.6 Å². The number of nitrogens with one attached hydrogen (secondary N) is 1. The van der Waals surface area contributed by atoms with Crippen LogP contribution in [0.25, 0.3) is 0 Å². The fraction of sp³-hybridized carbons (Fsp3) is 0.500. The zero-order valence-electron chi connectivity index (χ0n) is 12.4. The van der Waals surface area contributed by atoms with Crippen molar-refractivity contribution in [3.05, 3.63) is 28.8 Å². The lowest BCUT2D eigenvalue weighted by Gasteiger charge is -2.26. The third kappa shape index (κ3) is 2.83. The van der Waals surface area contributed by atoms with Gasteiger partial charge in [-0.1, -0.05) is 17.7 Å². The molecule has 3 rings (SSSR count). The number of benzene rings is 1. The lowest BCUT2D eigenvalue weighted by molar-refractivity contribution is -0.130. The number of anilines is 1. The molecule has 2 N–H and O–H groups in total. The van der Waals surface area contributed by atoms with E-state index in [4.69, 9.17) is 11.6 Å². The van der Waals surface area contributed by atoms with Crippen molar-refractivity contribution in [2.75, 3.05) is 11.4 Å². The van der Waals surface area contributed by atoms with E-state index < -0.39 is 12.1 Å². The van der Waals surface area contributed by atoms with E-state index in [1.807, 2.05) is 6.07 Å². The maximum Gasteiger partial charge on any atom is 0.252 e. The number of aliphatic hydroxyl groups excluding tert-OH is 1. The van der Waals surface area contributed by atoms with Crippen molar-refractivity contribution >= 4 is 29.1 Å². The summed E-state index contributed by atoms with van der Waals surface area (Å²) in [5.41, 5.74) is 1.71. The molecule has 0 bridgehead atoms. The van der Waals surface area contributed by atoms with Gasteiger partial charge in [0, 0.05) is 23.2 Å². The highest BCUT2D eigenvalue weighted by Crippen LogP contribution is 2.34. The van der Waals surface area contributed by atoms with Gasteiger partial charge in [0.1, 0.15) is 6.04 Å². The van der Waals surface area contributed by atoms with Crippen LogP contribution in [-0.2, 0) is 16.0 Å². The average molecular weight is 323 g/mol. The number of nitrogens with zero attached hydrogens (tertiary/aromatic N) is 1. The van der Waals surface area contributed by atoms with Crippen molar-refractivity contribution in [3.8, 4) is 0 Å². The van der Waals surface area contributed by atoms with Crippen LogP contribution in [0.4, 0.5) is 5.69 Å². The van der Waals surface area contributed by atoms with Gasteiger partial charge in [0.2, 0.25) is 5.91 Å². The van der Waals surface area contributed by atoms with Crippen LogP contribution in [0.3, 0.4) is 0 Å². The molecule has 1 saturated carbocycles. The van der Waals surface area contributed by atoms with Crippen LogP contribution in [0.1, 0.15) is 25.3 Å². The summed E-state index contributed by atoms with van der Waals surface area (Å²) < 4.78 is 0. The number of carbonyl (C=O) groups is 2. The molecule has 5 nitrogen and oxygen atoms in total. The van der Waals surface area contributed by atoms with Crippen LogP contribution in [0.2, 0.25) is 5.02 Å². The zero-order chi connectivity index (χ0) is 15.9. The van der Waals surface area contributed by atoms with E-state index in [1.165, 1.54) is 6.92 Å². The summed E-state index contributed by atoms with van der Waals surface area (Å²) in [6.07, 6.45) is 1.45. The van der Waals surface area contributed by atoms with E-state index in [9.17, 15) is 14.7 Å². The van der Waals surface area contributed by atoms with E-state index in [0.29, 0.717) is 18.0 Å². The van der Waals surface area contributed by atoms with Crippen LogP contribution < -0.4 is 10.2 Å². The highest BCUT2D eigenvalue weighted by Gasteiger charge is 2.37. The van der Waals surface area contributed by atoms with E-state index in [-0.39, 0.29) is 17.7 Å². The number of fused-ring (bicyclic) bond motifs is 1. The maximum atomic E-state index is 12.7. The van der Waals surface area contributed by atoms with Crippen molar-refractivity contribution in [2.45, 2.75) is 38.3 Å². The molecule has 1 fully saturated rings. The number of rotatable bonds is 4. The normalized spacial score (nSPS) is 19.5. The number of hydrogen-bond acceptors (Lipinski definition) is 3. The second-order valence-corrected chi connectivity index (χ2v) is 6.39. The smallest absolute Gasteiger partial charge is 0.252 e. The topological polar surface area (TPSA) is 69.6 Å². The molecule has 2 aliphatic rings. The van der Waals surface area contributed by atoms with E-state index >= 15 is 0 Å². The summed E-state index contributed by atoms with van der Waals surface area (Å²) in [5.74, 6) is -0.441. The second kappa shape index (κ2) is 5.89. The van der Waals surface area contributed by atoms with Gasteiger partial charge < -0.3 is 15.3 Å². The number of carbonyl (C=O) groups excluding carboxylic acids is 2. The van der Waals surface area contributed by atoms with Crippen molar-refractivity contribution in [2.24, 2.45) is 5.92 Å². The highest BCUT2D eigenvalue weighted by molar-refractivity contribution is 6.32. The van der Waals surface area contributed by atoms with Gasteiger partial charge in [-0.2, -0.15) is 0 Å². The Hall–Kier alpha value is -1.59. The SMILES string of the molecule is CC(O)C(NC(=O)C1CC1)C(=O)N1CCc2c(Cl)cccc21. The molecule has 0 radical (unpaired) electrons. The Balaban J connectivity index is 1.80. The zero-order valence-corrected chi connectivity index (χ0v) is 13.1. The van der Waals surface area contributed by atoms with Crippen molar-refractivity contribution in [1.82, 2.24) is 5.32 Å². The summed E-state index contributed by atoms with van der Waals surface area (Å²) in [7, 11) is 0. The largest absolute Gasteiger partial charge is 0.391 e. The lowest BCUT2D eigenvalue weighted by Crippen LogP contribution is -2.54. The highest BCUT2D eigenvalue weighted by atomic mass is 35.5. The fourth-order valence-electron chi connectivity index (χ4n) is 2.79. The molecule has 2 atom stereocenters. The van der Waals surface area contributed by atoms with E-state index in [1.54, 1.807) is 17.0 Å². The van der Waals surface area contributed by atoms with Crippen LogP contribution in [0.5, 0.6) is 0 Å². The van der Waals surface area contributed by atoms with Gasteiger partial charge in [-0.25, -0.2) is 0 Å². The standard InChI is InChI=1S/C16H19ClN2O3/c1-9(20)14(18-15(21)10-5-6-10)16(22)19-8-7-11-12(17)3-2-4-13(11)19/h2-4,9-10,14,20H,5-8H2,1H3,(H,18,21). The monoisotopic (exact) mass is 322 g/mol. The molecular formula is C16H19ClN2O3. The predicted molar refractivity (Wildman–Crippen MR) is 83.8 cm³/mol. The van der Waals surface area contributed by atoms with Crippen LogP contribution in [0.15, 0.2) is 18.2 Å². The molecule has 1 heterocycles. The minimum absolute atomic E-state index is 0.00522. The van der Waals surface area contributed by atoms with E-state index in [0.717, 1.165) is 24.1 Å². The number of halogens is 1. The van der Waals surface area contributed by atoms with Gasteiger partial charge in [-0.15, -0.1) is 0 Å². The maximum absolute atomic E-state index is 12.7. The summed E-state index contributed by atoms with van der Waals surface area (Å²) in [5, 5.41) is 13.2. The van der Waals surface area contributed by atoms with Gasteiger partial charge in [0.15, 0.2) is 0 Å². The van der Waals surface area contributed by atoms with E-state index in [2.05, 4.69) is 5.32 Å². The number of hydrogen-bond donors (Lipinski definition) is 2. The van der Waals surface area contributed by atoms with Crippen molar-refractivity contribution < 1.29 is 14.7 Å². The minimum atomic E-state index is -0.946. The lowest BCUT2D eigenvalue weighted by atomic mass is 10.1. The molecule has 22 heavy (non-hydrogen) atoms. The molecule has 1 aliphatic carbocycles. The average Bonchev–Trinajstić information content (AvgIpc) is 3.23. The van der Waals surface area contributed by atoms with Crippen LogP contribution in [-0.4, -0.2) is 35.6 Å². The Morgan fingerprint density at radius 1 is 1.41 bits per heavy atom. The van der Waals surface area contributed by atoms with Gasteiger partial charge >= 0.3 is 0 Å². The third-order valence-electron chi connectivity index (χ3n) is 4.23. The molecule has 1 aromatic carbocycles. The third-order valence-corrected chi connectivity index (χ3v) is 4.58. The Morgan fingerprint density at radius 2 is 2.14 bits per heavy atom. The molecule has 118 valence electrons. The summed E-state index contributed by atoms with van der Waals surface area (Å²) >= 11 is 6.16. The summed E-state index contributed by atoms with van der Waals surface area (Å²) in [6.45, 7) is 2.03. The molecule has 1 aromatic rings. The Bertz CT molecular complexity index is 613. The molecule has 0 spiro atoms. The molecule has 0 aromatic heterocycles. The first-order valence-electron chi connectivity index (χ1n) is 7.56. The predicted octanol–water partition coefficient (Wildman–Crippen LogP) is 1.50. The second-order valence-electron chi connectivity index (χ2n) is 5.98. The molecule has 0 saturated heterocycles. The Labute approximate surface area is 134 Å². The molecule has 2 unspecified atom stereocenters. The first-order chi connectivity index (χ1) is 10.5. The molecule has 2 amide bonds. The van der Waals surface area contributed by atoms with Crippen LogP contribution in [0, 0.1) is 5.92 Å². The Morgan fingerprint density at radius 3 is 2.77 bits per heavy atom. The Kier molecular flexibility index (Phi) is 4.10. The summed E-state index contributed by atoms with van der Waals surface area (Å²) in [6, 6.07) is 4.52. The summed E-state index contributed by atoms with van der Waals surface area (Å²) in [4.78, 5) is 26.3. The first-order valence-corrected chi connectivity index (χ1v) is 7.94. The molecular weight excluding hydrogens is 304 g/mol. The fourth-order valence-corrected chi connectivity index (χ4v) is 3.06. The first kappa shape index (κ1) is 15.3. The van der Waals surface area contributed by atoms with Gasteiger partial charge in [0.25, 0.3) is 5.91 Å². The van der Waals surface area contributed by atoms with Gasteiger partial charge in [-0.3, -0.25) is 9.59 Å². The van der Waals surface area contributed by atoms with Gasteiger partial charge in [-0.05, 0) is 43.9 Å². The quantitative estimate of drug-likeness (QED) is 0.882.